The first kappa shape index (κ1) is 19.2. The van der Waals surface area contributed by atoms with Crippen molar-refractivity contribution in [2.24, 2.45) is 0 Å². The molecule has 0 aliphatic rings. The van der Waals surface area contributed by atoms with Crippen molar-refractivity contribution in [1.82, 2.24) is 9.55 Å². The van der Waals surface area contributed by atoms with Crippen molar-refractivity contribution in [2.75, 3.05) is 13.7 Å². The Balaban J connectivity index is 1.74. The fourth-order valence-electron chi connectivity index (χ4n) is 3.22. The van der Waals surface area contributed by atoms with E-state index < -0.39 is 6.10 Å². The first-order valence-electron chi connectivity index (χ1n) is 9.21. The predicted molar refractivity (Wildman–Crippen MR) is 108 cm³/mol. The van der Waals surface area contributed by atoms with E-state index in [1.54, 1.807) is 7.11 Å². The predicted octanol–water partition coefficient (Wildman–Crippen LogP) is 4.09. The van der Waals surface area contributed by atoms with E-state index in [1.807, 2.05) is 54.0 Å². The van der Waals surface area contributed by atoms with E-state index in [1.165, 1.54) is 0 Å². The summed E-state index contributed by atoms with van der Waals surface area (Å²) in [4.78, 5) is 4.55. The first-order chi connectivity index (χ1) is 12.8. The molecule has 2 aromatic carbocycles. The highest BCUT2D eigenvalue weighted by Crippen LogP contribution is 2.34. The topological polar surface area (TPSA) is 56.5 Å². The quantitative estimate of drug-likeness (QED) is 0.712. The number of ether oxygens (including phenoxy) is 2. The van der Waals surface area contributed by atoms with E-state index in [4.69, 9.17) is 9.47 Å². The number of para-hydroxylation sites is 2. The molecule has 0 unspecified atom stereocenters. The van der Waals surface area contributed by atoms with Crippen molar-refractivity contribution in [3.8, 4) is 11.5 Å². The highest BCUT2D eigenvalue weighted by Gasteiger charge is 2.21. The molecule has 0 aliphatic carbocycles. The molecule has 3 aromatic rings. The summed E-state index contributed by atoms with van der Waals surface area (Å²) in [7, 11) is 1.66. The van der Waals surface area contributed by atoms with Gasteiger partial charge in [0.2, 0.25) is 0 Å². The molecule has 1 heterocycles. The molecule has 0 amide bonds. The summed E-state index contributed by atoms with van der Waals surface area (Å²) in [6.45, 7) is 8.99. The second-order valence-corrected chi connectivity index (χ2v) is 7.84. The van der Waals surface area contributed by atoms with E-state index in [0.717, 1.165) is 33.9 Å². The molecule has 0 fully saturated rings. The van der Waals surface area contributed by atoms with Crippen molar-refractivity contribution in [1.29, 1.82) is 0 Å². The van der Waals surface area contributed by atoms with Crippen LogP contribution in [-0.4, -0.2) is 34.5 Å². The lowest BCUT2D eigenvalue weighted by molar-refractivity contribution is 0.0919. The third-order valence-electron chi connectivity index (χ3n) is 4.66. The minimum Gasteiger partial charge on any atom is -0.497 e. The molecule has 0 bridgehead atoms. The Labute approximate surface area is 160 Å². The van der Waals surface area contributed by atoms with Crippen molar-refractivity contribution < 1.29 is 14.6 Å². The average Bonchev–Trinajstić information content (AvgIpc) is 2.94. The normalized spacial score (nSPS) is 13.0. The van der Waals surface area contributed by atoms with Gasteiger partial charge in [-0.3, -0.25) is 0 Å². The first-order valence-corrected chi connectivity index (χ1v) is 9.21. The molecule has 0 saturated carbocycles. The number of hydrogen-bond acceptors (Lipinski definition) is 4. The van der Waals surface area contributed by atoms with E-state index >= 15 is 0 Å². The Hall–Kier alpha value is -2.53. The van der Waals surface area contributed by atoms with E-state index in [9.17, 15) is 5.11 Å². The summed E-state index contributed by atoms with van der Waals surface area (Å²) in [5.41, 5.74) is 2.92. The smallest absolute Gasteiger partial charge is 0.123 e. The van der Waals surface area contributed by atoms with Gasteiger partial charge >= 0.3 is 0 Å². The zero-order chi connectivity index (χ0) is 19.6. The number of methoxy groups -OCH3 is 1. The number of benzene rings is 2. The number of nitrogens with zero attached hydrogens (tertiary/aromatic N) is 2. The van der Waals surface area contributed by atoms with Gasteiger partial charge in [-0.25, -0.2) is 4.98 Å². The van der Waals surface area contributed by atoms with Gasteiger partial charge in [0.15, 0.2) is 0 Å². The molecule has 3 rings (SSSR count). The number of imidazole rings is 1. The minimum atomic E-state index is -0.642. The lowest BCUT2D eigenvalue weighted by Gasteiger charge is -2.24. The van der Waals surface area contributed by atoms with Crippen molar-refractivity contribution in [3.05, 3.63) is 53.9 Å². The SMILES string of the molecule is COc1ccc(OC[C@H](O)Cn2c(C)nc3ccccc32)c(C(C)(C)C)c1. The average molecular weight is 368 g/mol. The van der Waals surface area contributed by atoms with Crippen LogP contribution in [0.15, 0.2) is 42.5 Å². The fourth-order valence-corrected chi connectivity index (χ4v) is 3.22. The second-order valence-electron chi connectivity index (χ2n) is 7.84. The molecule has 0 radical (unpaired) electrons. The largest absolute Gasteiger partial charge is 0.497 e. The summed E-state index contributed by atoms with van der Waals surface area (Å²) in [6.07, 6.45) is -0.642. The number of fused-ring (bicyclic) bond motifs is 1. The second kappa shape index (κ2) is 7.61. The molecular formula is C22H28N2O3. The van der Waals surface area contributed by atoms with Crippen LogP contribution in [0.2, 0.25) is 0 Å². The Morgan fingerprint density at radius 1 is 1.15 bits per heavy atom. The van der Waals surface area contributed by atoms with E-state index in [-0.39, 0.29) is 12.0 Å². The molecule has 27 heavy (non-hydrogen) atoms. The molecular weight excluding hydrogens is 340 g/mol. The van der Waals surface area contributed by atoms with Gasteiger partial charge in [-0.2, -0.15) is 0 Å². The summed E-state index contributed by atoms with van der Waals surface area (Å²) in [5.74, 6) is 2.46. The maximum Gasteiger partial charge on any atom is 0.123 e. The van der Waals surface area contributed by atoms with Crippen molar-refractivity contribution in [3.63, 3.8) is 0 Å². The third kappa shape index (κ3) is 4.25. The molecule has 1 aromatic heterocycles. The standard InChI is InChI=1S/C22H28N2O3/c1-15-23-19-8-6-7-9-20(19)24(15)13-16(25)14-27-21-11-10-17(26-5)12-18(21)22(2,3)4/h6-12,16,25H,13-14H2,1-5H3/t16-/m1/s1. The molecule has 5 heteroatoms. The number of aliphatic hydroxyl groups is 1. The number of rotatable bonds is 6. The van der Waals surface area contributed by atoms with Gasteiger partial charge < -0.3 is 19.1 Å². The fraction of sp³-hybridized carbons (Fsp3) is 0.409. The molecule has 0 spiro atoms. The monoisotopic (exact) mass is 368 g/mol. The van der Waals surface area contributed by atoms with Gasteiger partial charge in [-0.15, -0.1) is 0 Å². The lowest BCUT2D eigenvalue weighted by Crippen LogP contribution is -2.25. The summed E-state index contributed by atoms with van der Waals surface area (Å²) < 4.78 is 13.4. The third-order valence-corrected chi connectivity index (χ3v) is 4.66. The molecule has 1 N–H and O–H groups in total. The minimum absolute atomic E-state index is 0.0913. The number of hydrogen-bond donors (Lipinski definition) is 1. The van der Waals surface area contributed by atoms with Crippen LogP contribution in [0.5, 0.6) is 11.5 Å². The Morgan fingerprint density at radius 2 is 1.89 bits per heavy atom. The van der Waals surface area contributed by atoms with Crippen LogP contribution in [-0.2, 0) is 12.0 Å². The molecule has 0 aliphatic heterocycles. The van der Waals surface area contributed by atoms with Crippen molar-refractivity contribution in [2.45, 2.75) is 45.8 Å². The zero-order valence-corrected chi connectivity index (χ0v) is 16.7. The Bertz CT molecular complexity index is 925. The van der Waals surface area contributed by atoms with Crippen LogP contribution in [0, 0.1) is 6.92 Å². The molecule has 0 saturated heterocycles. The van der Waals surface area contributed by atoms with Crippen LogP contribution >= 0.6 is 0 Å². The number of aliphatic hydroxyl groups excluding tert-OH is 1. The number of aryl methyl sites for hydroxylation is 1. The summed E-state index contributed by atoms with van der Waals surface area (Å²) >= 11 is 0. The Kier molecular flexibility index (Phi) is 5.42. The summed E-state index contributed by atoms with van der Waals surface area (Å²) in [5, 5.41) is 10.6. The van der Waals surface area contributed by atoms with Crippen LogP contribution < -0.4 is 9.47 Å². The van der Waals surface area contributed by atoms with Crippen LogP contribution in [0.25, 0.3) is 11.0 Å². The highest BCUT2D eigenvalue weighted by molar-refractivity contribution is 5.75. The summed E-state index contributed by atoms with van der Waals surface area (Å²) in [6, 6.07) is 13.7. The van der Waals surface area contributed by atoms with Gasteiger partial charge in [-0.05, 0) is 42.7 Å². The zero-order valence-electron chi connectivity index (χ0n) is 16.7. The van der Waals surface area contributed by atoms with E-state index in [0.29, 0.717) is 6.54 Å². The van der Waals surface area contributed by atoms with Gasteiger partial charge in [0.1, 0.15) is 30.0 Å². The molecule has 144 valence electrons. The van der Waals surface area contributed by atoms with Crippen molar-refractivity contribution >= 4 is 11.0 Å². The molecule has 5 nitrogen and oxygen atoms in total. The van der Waals surface area contributed by atoms with Crippen LogP contribution in [0.3, 0.4) is 0 Å². The Morgan fingerprint density at radius 3 is 2.59 bits per heavy atom. The van der Waals surface area contributed by atoms with Gasteiger partial charge in [0.25, 0.3) is 0 Å². The van der Waals surface area contributed by atoms with Crippen LogP contribution in [0.4, 0.5) is 0 Å². The van der Waals surface area contributed by atoms with Gasteiger partial charge in [0.05, 0.1) is 24.7 Å². The number of aromatic nitrogens is 2. The lowest BCUT2D eigenvalue weighted by atomic mass is 9.86. The maximum atomic E-state index is 10.6. The molecule has 1 atom stereocenters. The van der Waals surface area contributed by atoms with Gasteiger partial charge in [0, 0.05) is 5.56 Å². The highest BCUT2D eigenvalue weighted by atomic mass is 16.5. The maximum absolute atomic E-state index is 10.6. The van der Waals surface area contributed by atoms with Crippen LogP contribution in [0.1, 0.15) is 32.2 Å². The van der Waals surface area contributed by atoms with Gasteiger partial charge in [-0.1, -0.05) is 32.9 Å². The van der Waals surface area contributed by atoms with E-state index in [2.05, 4.69) is 25.8 Å².